The third kappa shape index (κ3) is 7.09. The monoisotopic (exact) mass is 583 g/mol. The molecule has 3 amide bonds. The van der Waals surface area contributed by atoms with E-state index in [9.17, 15) is 37.8 Å². The molecule has 3 aromatic carbocycles. The third-order valence-electron chi connectivity index (χ3n) is 7.42. The van der Waals surface area contributed by atoms with Crippen LogP contribution in [0.1, 0.15) is 39.0 Å². The lowest BCUT2D eigenvalue weighted by Gasteiger charge is -2.30. The van der Waals surface area contributed by atoms with Gasteiger partial charge in [-0.1, -0.05) is 42.5 Å². The Morgan fingerprint density at radius 1 is 1.05 bits per heavy atom. The van der Waals surface area contributed by atoms with Crippen molar-refractivity contribution in [3.8, 4) is 5.75 Å². The number of phenols is 1. The summed E-state index contributed by atoms with van der Waals surface area (Å²) in [5, 5.41) is 26.3. The Bertz CT molecular complexity index is 1470. The number of benzene rings is 3. The minimum Gasteiger partial charge on any atom is -0.508 e. The highest BCUT2D eigenvalue weighted by molar-refractivity contribution is 5.97. The first-order valence-corrected chi connectivity index (χ1v) is 13.4. The summed E-state index contributed by atoms with van der Waals surface area (Å²) in [5.74, 6) is -6.77. The number of nitrogens with zero attached hydrogens (tertiary/aromatic N) is 1. The number of likely N-dealkylation sites (tertiary alicyclic amines) is 1. The zero-order valence-electron chi connectivity index (χ0n) is 23.1. The van der Waals surface area contributed by atoms with Crippen LogP contribution in [0.2, 0.25) is 0 Å². The molecule has 0 saturated carbocycles. The summed E-state index contributed by atoms with van der Waals surface area (Å²) in [6, 6.07) is 14.1. The van der Waals surface area contributed by atoms with Crippen molar-refractivity contribution in [2.75, 3.05) is 6.54 Å². The van der Waals surface area contributed by atoms with Crippen molar-refractivity contribution in [1.29, 1.82) is 0 Å². The van der Waals surface area contributed by atoms with Crippen LogP contribution in [0.15, 0.2) is 66.7 Å². The van der Waals surface area contributed by atoms with Crippen LogP contribution in [0.25, 0.3) is 0 Å². The lowest BCUT2D eigenvalue weighted by Crippen LogP contribution is -2.56. The zero-order valence-corrected chi connectivity index (χ0v) is 23.1. The van der Waals surface area contributed by atoms with Crippen molar-refractivity contribution >= 4 is 17.7 Å². The molecule has 3 aromatic rings. The predicted molar refractivity (Wildman–Crippen MR) is 148 cm³/mol. The average molecular weight is 584 g/mol. The molecule has 3 atom stereocenters. The van der Waals surface area contributed by atoms with Gasteiger partial charge in [-0.15, -0.1) is 0 Å². The summed E-state index contributed by atoms with van der Waals surface area (Å²) < 4.78 is 42.8. The first kappa shape index (κ1) is 30.6. The largest absolute Gasteiger partial charge is 0.508 e. The van der Waals surface area contributed by atoms with E-state index in [-0.39, 0.29) is 29.8 Å². The number of nitrogens with one attached hydrogen (secondary N) is 2. The van der Waals surface area contributed by atoms with Gasteiger partial charge in [-0.05, 0) is 61.2 Å². The van der Waals surface area contributed by atoms with Gasteiger partial charge in [0.05, 0.1) is 12.6 Å². The van der Waals surface area contributed by atoms with E-state index in [2.05, 4.69) is 10.6 Å². The van der Waals surface area contributed by atoms with E-state index in [0.717, 1.165) is 0 Å². The van der Waals surface area contributed by atoms with Gasteiger partial charge in [0.1, 0.15) is 17.6 Å². The molecule has 0 aromatic heterocycles. The lowest BCUT2D eigenvalue weighted by molar-refractivity contribution is -0.147. The van der Waals surface area contributed by atoms with Crippen molar-refractivity contribution in [2.24, 2.45) is 0 Å². The van der Waals surface area contributed by atoms with Gasteiger partial charge in [-0.2, -0.15) is 0 Å². The van der Waals surface area contributed by atoms with E-state index in [1.165, 1.54) is 43.3 Å². The third-order valence-corrected chi connectivity index (χ3v) is 7.42. The Kier molecular flexibility index (Phi) is 9.20. The quantitative estimate of drug-likeness (QED) is 0.308. The number of carbonyl (C=O) groups excluding carboxylic acids is 3. The predicted octanol–water partition coefficient (Wildman–Crippen LogP) is 3.40. The zero-order chi connectivity index (χ0) is 30.6. The van der Waals surface area contributed by atoms with Gasteiger partial charge in [0.25, 0.3) is 17.7 Å². The van der Waals surface area contributed by atoms with Gasteiger partial charge in [0.15, 0.2) is 6.10 Å². The maximum Gasteiger partial charge on any atom is 0.267 e. The van der Waals surface area contributed by atoms with Crippen LogP contribution in [-0.2, 0) is 22.6 Å². The highest BCUT2D eigenvalue weighted by Crippen LogP contribution is 2.33. The number of rotatable bonds is 9. The molecule has 0 bridgehead atoms. The molecule has 1 saturated heterocycles. The second kappa shape index (κ2) is 12.6. The first-order valence-electron chi connectivity index (χ1n) is 13.4. The molecule has 1 fully saturated rings. The van der Waals surface area contributed by atoms with E-state index in [0.29, 0.717) is 21.6 Å². The minimum atomic E-state index is -3.40. The summed E-state index contributed by atoms with van der Waals surface area (Å²) in [6.07, 6.45) is -2.98. The second-order valence-corrected chi connectivity index (χ2v) is 10.5. The number of aliphatic hydroxyl groups is 1. The van der Waals surface area contributed by atoms with Gasteiger partial charge in [0, 0.05) is 24.1 Å². The maximum atomic E-state index is 14.6. The molecule has 11 heteroatoms. The molecule has 1 aliphatic rings. The summed E-state index contributed by atoms with van der Waals surface area (Å²) in [7, 11) is 0. The topological polar surface area (TPSA) is 119 Å². The molecule has 1 aliphatic heterocycles. The lowest BCUT2D eigenvalue weighted by atomic mass is 9.98. The second-order valence-electron chi connectivity index (χ2n) is 10.5. The number of alkyl halides is 2. The number of hydrogen-bond donors (Lipinski definition) is 4. The number of aryl methyl sites for hydroxylation is 1. The highest BCUT2D eigenvalue weighted by Gasteiger charge is 2.51. The molecule has 42 heavy (non-hydrogen) atoms. The average Bonchev–Trinajstić information content (AvgIpc) is 3.29. The van der Waals surface area contributed by atoms with E-state index in [1.807, 2.05) is 0 Å². The molecule has 0 aliphatic carbocycles. The summed E-state index contributed by atoms with van der Waals surface area (Å²) in [6.45, 7) is 1.98. The van der Waals surface area contributed by atoms with E-state index < -0.39 is 60.6 Å². The fraction of sp³-hybridized carbons (Fsp3) is 0.323. The van der Waals surface area contributed by atoms with E-state index in [1.54, 1.807) is 37.3 Å². The molecule has 222 valence electrons. The van der Waals surface area contributed by atoms with Gasteiger partial charge >= 0.3 is 0 Å². The number of carbonyl (C=O) groups is 3. The smallest absolute Gasteiger partial charge is 0.267 e. The summed E-state index contributed by atoms with van der Waals surface area (Å²) in [5.41, 5.74) is 2.15. The number of amides is 3. The van der Waals surface area contributed by atoms with Crippen LogP contribution in [-0.4, -0.2) is 63.5 Å². The van der Waals surface area contributed by atoms with Gasteiger partial charge in [0.2, 0.25) is 5.91 Å². The molecule has 8 nitrogen and oxygen atoms in total. The number of aliphatic hydroxyl groups excluding tert-OH is 1. The normalized spacial score (nSPS) is 17.4. The number of halogens is 3. The molecular weight excluding hydrogens is 551 g/mol. The molecule has 3 unspecified atom stereocenters. The summed E-state index contributed by atoms with van der Waals surface area (Å²) >= 11 is 0. The van der Waals surface area contributed by atoms with Crippen LogP contribution >= 0.6 is 0 Å². The summed E-state index contributed by atoms with van der Waals surface area (Å²) in [4.78, 5) is 40.3. The van der Waals surface area contributed by atoms with E-state index >= 15 is 0 Å². The Balaban J connectivity index is 1.56. The highest BCUT2D eigenvalue weighted by atomic mass is 19.3. The standard InChI is InChI=1S/C31H32F3N3O5/c1-18-11-12-22(32)14-21(18)16-35-29(41)25-15-31(33,34)17-37(25)30(42)27(39)24(13-20-7-4-3-5-8-20)36-28(40)23-9-6-10-26(38)19(23)2/h3-12,14,24-25,27,38-39H,13,15-17H2,1-2H3,(H,35,41)(H,36,40). The van der Waals surface area contributed by atoms with Crippen LogP contribution < -0.4 is 10.6 Å². The maximum absolute atomic E-state index is 14.6. The van der Waals surface area contributed by atoms with E-state index in [4.69, 9.17) is 0 Å². The van der Waals surface area contributed by atoms with Gasteiger partial charge < -0.3 is 25.7 Å². The number of phenolic OH excluding ortho intramolecular Hbond substituents is 1. The molecule has 0 radical (unpaired) electrons. The van der Waals surface area contributed by atoms with Gasteiger partial charge in [-0.25, -0.2) is 13.2 Å². The molecule has 4 rings (SSSR count). The number of hydrogen-bond acceptors (Lipinski definition) is 5. The molecular formula is C31H32F3N3O5. The minimum absolute atomic E-state index is 0.0305. The van der Waals surface area contributed by atoms with Crippen molar-refractivity contribution in [2.45, 2.75) is 57.3 Å². The molecule has 1 heterocycles. The number of aromatic hydroxyl groups is 1. The van der Waals surface area contributed by atoms with Gasteiger partial charge in [-0.3, -0.25) is 14.4 Å². The fourth-order valence-corrected chi connectivity index (χ4v) is 4.98. The van der Waals surface area contributed by atoms with Crippen molar-refractivity contribution in [3.05, 3.63) is 100 Å². The first-order chi connectivity index (χ1) is 19.9. The fourth-order valence-electron chi connectivity index (χ4n) is 4.98. The van der Waals surface area contributed by atoms with Crippen molar-refractivity contribution in [1.82, 2.24) is 15.5 Å². The van der Waals surface area contributed by atoms with Crippen LogP contribution in [0.5, 0.6) is 5.75 Å². The Morgan fingerprint density at radius 2 is 1.76 bits per heavy atom. The Labute approximate surface area is 241 Å². The van der Waals surface area contributed by atoms with Crippen molar-refractivity contribution in [3.63, 3.8) is 0 Å². The molecule has 4 N–H and O–H groups in total. The van der Waals surface area contributed by atoms with Crippen LogP contribution in [0.3, 0.4) is 0 Å². The Hall–Kier alpha value is -4.38. The van der Waals surface area contributed by atoms with Crippen molar-refractivity contribution < 1.29 is 37.8 Å². The Morgan fingerprint density at radius 3 is 2.48 bits per heavy atom. The van der Waals surface area contributed by atoms with Crippen LogP contribution in [0, 0.1) is 19.7 Å². The SMILES string of the molecule is Cc1ccc(F)cc1CNC(=O)C1CC(F)(F)CN1C(=O)C(O)C(Cc1ccccc1)NC(=O)c1cccc(O)c1C. The molecule has 0 spiro atoms. The van der Waals surface area contributed by atoms with Crippen LogP contribution in [0.4, 0.5) is 13.2 Å².